The van der Waals surface area contributed by atoms with Crippen molar-refractivity contribution in [3.8, 4) is 11.5 Å². The zero-order valence-electron chi connectivity index (χ0n) is 17.4. The number of hydrogen-bond donors (Lipinski definition) is 2. The van der Waals surface area contributed by atoms with Crippen molar-refractivity contribution in [2.45, 2.75) is 13.8 Å². The van der Waals surface area contributed by atoms with E-state index in [4.69, 9.17) is 9.47 Å². The summed E-state index contributed by atoms with van der Waals surface area (Å²) in [6.07, 6.45) is 0. The SMILES string of the molecule is CC(C)COc1ccc(Br)cc1C(=O)NNC(=O)COc1ccc2cc(Br)ccc2c1Br. The molecule has 3 aromatic carbocycles. The van der Waals surface area contributed by atoms with Crippen molar-refractivity contribution in [2.75, 3.05) is 13.2 Å². The summed E-state index contributed by atoms with van der Waals surface area (Å²) >= 11 is 10.3. The van der Waals surface area contributed by atoms with Crippen molar-refractivity contribution in [3.63, 3.8) is 0 Å². The van der Waals surface area contributed by atoms with Gasteiger partial charge in [0.25, 0.3) is 11.8 Å². The Hall–Kier alpha value is -2.10. The van der Waals surface area contributed by atoms with Crippen LogP contribution in [-0.2, 0) is 4.79 Å². The Balaban J connectivity index is 1.59. The number of fused-ring (bicyclic) bond motifs is 1. The summed E-state index contributed by atoms with van der Waals surface area (Å²) in [6, 6.07) is 14.7. The summed E-state index contributed by atoms with van der Waals surface area (Å²) in [4.78, 5) is 24.8. The number of benzene rings is 3. The number of rotatable bonds is 7. The zero-order chi connectivity index (χ0) is 23.3. The lowest BCUT2D eigenvalue weighted by Crippen LogP contribution is -2.44. The first kappa shape index (κ1) is 24.5. The summed E-state index contributed by atoms with van der Waals surface area (Å²) < 4.78 is 13.8. The van der Waals surface area contributed by atoms with Gasteiger partial charge in [-0.3, -0.25) is 20.4 Å². The predicted octanol–water partition coefficient (Wildman–Crippen LogP) is 6.00. The molecule has 6 nitrogen and oxygen atoms in total. The summed E-state index contributed by atoms with van der Waals surface area (Å²) in [6.45, 7) is 4.24. The van der Waals surface area contributed by atoms with Crippen LogP contribution in [0.2, 0.25) is 0 Å². The van der Waals surface area contributed by atoms with Gasteiger partial charge in [-0.25, -0.2) is 0 Å². The molecule has 0 unspecified atom stereocenters. The van der Waals surface area contributed by atoms with Crippen LogP contribution in [-0.4, -0.2) is 25.0 Å². The van der Waals surface area contributed by atoms with E-state index in [9.17, 15) is 9.59 Å². The lowest BCUT2D eigenvalue weighted by molar-refractivity contribution is -0.123. The monoisotopic (exact) mass is 626 g/mol. The molecule has 0 aliphatic carbocycles. The minimum Gasteiger partial charge on any atom is -0.492 e. The highest BCUT2D eigenvalue weighted by Gasteiger charge is 2.15. The molecule has 2 N–H and O–H groups in total. The number of hydrazine groups is 1. The van der Waals surface area contributed by atoms with Gasteiger partial charge in [-0.05, 0) is 69.0 Å². The molecule has 9 heteroatoms. The molecule has 0 aliphatic heterocycles. The standard InChI is InChI=1S/C23H21Br3N2O4/c1-13(2)11-31-19-8-5-16(25)10-18(19)23(30)28-27-21(29)12-32-20-7-3-14-9-15(24)4-6-17(14)22(20)26/h3-10,13H,11-12H2,1-2H3,(H,27,29)(H,28,30). The summed E-state index contributed by atoms with van der Waals surface area (Å²) in [5.74, 6) is 0.285. The average Bonchev–Trinajstić information content (AvgIpc) is 2.75. The van der Waals surface area contributed by atoms with Crippen LogP contribution in [0.4, 0.5) is 0 Å². The molecule has 0 saturated carbocycles. The molecular formula is C23H21Br3N2O4. The first-order valence-electron chi connectivity index (χ1n) is 9.76. The molecule has 0 fully saturated rings. The van der Waals surface area contributed by atoms with Gasteiger partial charge in [0.2, 0.25) is 0 Å². The molecule has 0 aromatic heterocycles. The van der Waals surface area contributed by atoms with Gasteiger partial charge in [-0.2, -0.15) is 0 Å². The van der Waals surface area contributed by atoms with Crippen LogP contribution < -0.4 is 20.3 Å². The maximum Gasteiger partial charge on any atom is 0.276 e. The van der Waals surface area contributed by atoms with Crippen LogP contribution in [0.1, 0.15) is 24.2 Å². The van der Waals surface area contributed by atoms with E-state index in [2.05, 4.69) is 58.6 Å². The molecule has 168 valence electrons. The Morgan fingerprint density at radius 1 is 0.875 bits per heavy atom. The van der Waals surface area contributed by atoms with E-state index < -0.39 is 11.8 Å². The van der Waals surface area contributed by atoms with Gasteiger partial charge < -0.3 is 9.47 Å². The van der Waals surface area contributed by atoms with Gasteiger partial charge in [-0.15, -0.1) is 0 Å². The molecule has 0 bridgehead atoms. The van der Waals surface area contributed by atoms with E-state index in [1.165, 1.54) is 0 Å². The van der Waals surface area contributed by atoms with Crippen molar-refractivity contribution >= 4 is 70.4 Å². The molecule has 3 aromatic rings. The summed E-state index contributed by atoms with van der Waals surface area (Å²) in [5.41, 5.74) is 5.09. The minimum atomic E-state index is -0.499. The highest BCUT2D eigenvalue weighted by molar-refractivity contribution is 9.11. The van der Waals surface area contributed by atoms with Crippen LogP contribution in [0.3, 0.4) is 0 Å². The van der Waals surface area contributed by atoms with Gasteiger partial charge in [0, 0.05) is 8.95 Å². The van der Waals surface area contributed by atoms with Gasteiger partial charge in [-0.1, -0.05) is 57.8 Å². The number of hydrogen-bond acceptors (Lipinski definition) is 4. The fourth-order valence-electron chi connectivity index (χ4n) is 2.79. The fraction of sp³-hybridized carbons (Fsp3) is 0.217. The lowest BCUT2D eigenvalue weighted by atomic mass is 10.1. The molecular weight excluding hydrogens is 608 g/mol. The normalized spacial score (nSPS) is 10.8. The smallest absolute Gasteiger partial charge is 0.276 e. The number of amides is 2. The molecule has 0 heterocycles. The molecule has 0 spiro atoms. The zero-order valence-corrected chi connectivity index (χ0v) is 22.1. The average molecular weight is 629 g/mol. The maximum atomic E-state index is 12.6. The Kier molecular flexibility index (Phi) is 8.56. The molecule has 32 heavy (non-hydrogen) atoms. The third kappa shape index (κ3) is 6.46. The number of halogens is 3. The van der Waals surface area contributed by atoms with Crippen molar-refractivity contribution in [3.05, 3.63) is 67.5 Å². The Morgan fingerprint density at radius 3 is 2.31 bits per heavy atom. The number of carbonyl (C=O) groups excluding carboxylic acids is 2. The third-order valence-corrected chi connectivity index (χ3v) is 6.12. The van der Waals surface area contributed by atoms with E-state index in [0.717, 1.165) is 24.2 Å². The highest BCUT2D eigenvalue weighted by Crippen LogP contribution is 2.34. The first-order chi connectivity index (χ1) is 15.2. The quantitative estimate of drug-likeness (QED) is 0.315. The van der Waals surface area contributed by atoms with Crippen molar-refractivity contribution in [2.24, 2.45) is 5.92 Å². The number of ether oxygens (including phenoxy) is 2. The van der Waals surface area contributed by atoms with E-state index >= 15 is 0 Å². The van der Waals surface area contributed by atoms with Crippen LogP contribution >= 0.6 is 47.8 Å². The van der Waals surface area contributed by atoms with Crippen LogP contribution in [0.5, 0.6) is 11.5 Å². The predicted molar refractivity (Wildman–Crippen MR) is 135 cm³/mol. The van der Waals surface area contributed by atoms with Crippen LogP contribution in [0.15, 0.2) is 61.9 Å². The van der Waals surface area contributed by atoms with Crippen LogP contribution in [0.25, 0.3) is 10.8 Å². The lowest BCUT2D eigenvalue weighted by Gasteiger charge is -2.14. The molecule has 2 amide bonds. The first-order valence-corrected chi connectivity index (χ1v) is 12.1. The van der Waals surface area contributed by atoms with Gasteiger partial charge in [0.05, 0.1) is 16.6 Å². The summed E-state index contributed by atoms with van der Waals surface area (Å²) in [7, 11) is 0. The van der Waals surface area contributed by atoms with Crippen molar-refractivity contribution in [1.29, 1.82) is 0 Å². The Labute approximate surface area is 211 Å². The fourth-order valence-corrected chi connectivity index (χ4v) is 4.14. The van der Waals surface area contributed by atoms with Gasteiger partial charge in [0.15, 0.2) is 6.61 Å². The van der Waals surface area contributed by atoms with E-state index in [-0.39, 0.29) is 6.61 Å². The maximum absolute atomic E-state index is 12.6. The van der Waals surface area contributed by atoms with Crippen LogP contribution in [0, 0.1) is 5.92 Å². The summed E-state index contributed by atoms with van der Waals surface area (Å²) in [5, 5.41) is 1.99. The Morgan fingerprint density at radius 2 is 1.56 bits per heavy atom. The van der Waals surface area contributed by atoms with Crippen molar-refractivity contribution in [1.82, 2.24) is 10.9 Å². The van der Waals surface area contributed by atoms with E-state index in [1.54, 1.807) is 24.3 Å². The molecule has 0 atom stereocenters. The van der Waals surface area contributed by atoms with E-state index in [0.29, 0.717) is 29.6 Å². The minimum absolute atomic E-state index is 0.268. The second kappa shape index (κ2) is 11.2. The molecule has 3 rings (SSSR count). The number of nitrogens with one attached hydrogen (secondary N) is 2. The largest absolute Gasteiger partial charge is 0.492 e. The molecule has 0 aliphatic rings. The van der Waals surface area contributed by atoms with E-state index in [1.807, 2.05) is 38.1 Å². The second-order valence-electron chi connectivity index (χ2n) is 7.38. The third-order valence-electron chi connectivity index (χ3n) is 4.31. The van der Waals surface area contributed by atoms with Gasteiger partial charge in [0.1, 0.15) is 11.5 Å². The number of carbonyl (C=O) groups is 2. The van der Waals surface area contributed by atoms with Gasteiger partial charge >= 0.3 is 0 Å². The second-order valence-corrected chi connectivity index (χ2v) is 10.0. The molecule has 0 saturated heterocycles. The van der Waals surface area contributed by atoms with Crippen molar-refractivity contribution < 1.29 is 19.1 Å². The Bertz CT molecular complexity index is 1150. The topological polar surface area (TPSA) is 76.7 Å². The molecule has 0 radical (unpaired) electrons. The highest BCUT2D eigenvalue weighted by atomic mass is 79.9.